The van der Waals surface area contributed by atoms with Crippen LogP contribution in [0.25, 0.3) is 0 Å². The zero-order chi connectivity index (χ0) is 7.66. The highest BCUT2D eigenvalue weighted by Gasteiger charge is 1.81. The maximum atomic E-state index is 4.98. The van der Waals surface area contributed by atoms with Crippen LogP contribution < -0.4 is 0 Å². The zero-order valence-electron chi connectivity index (χ0n) is 6.35. The molecular weight excluding hydrogens is 132 g/mol. The van der Waals surface area contributed by atoms with E-state index in [0.29, 0.717) is 19.8 Å². The lowest BCUT2D eigenvalue weighted by atomic mass is 10.7. The first-order chi connectivity index (χ1) is 4.91. The van der Waals surface area contributed by atoms with Crippen molar-refractivity contribution in [1.82, 2.24) is 0 Å². The van der Waals surface area contributed by atoms with E-state index < -0.39 is 0 Å². The lowest BCUT2D eigenvalue weighted by Gasteiger charge is -1.96. The third-order valence-electron chi connectivity index (χ3n) is 0.750. The Morgan fingerprint density at radius 2 is 2.00 bits per heavy atom. The molecule has 0 rings (SSSR count). The van der Waals surface area contributed by atoms with Crippen molar-refractivity contribution in [2.45, 2.75) is 6.92 Å². The molecule has 3 nitrogen and oxygen atoms in total. The van der Waals surface area contributed by atoms with Crippen LogP contribution in [0.3, 0.4) is 0 Å². The van der Waals surface area contributed by atoms with Gasteiger partial charge in [0.05, 0.1) is 13.7 Å². The molecular formula is C7H12O3. The van der Waals surface area contributed by atoms with Crippen molar-refractivity contribution in [1.29, 1.82) is 0 Å². The highest BCUT2D eigenvalue weighted by molar-refractivity contribution is 4.79. The van der Waals surface area contributed by atoms with Gasteiger partial charge in [-0.1, -0.05) is 0 Å². The topological polar surface area (TPSA) is 27.7 Å². The third kappa shape index (κ3) is 7.12. The molecule has 3 heteroatoms. The van der Waals surface area contributed by atoms with Crippen molar-refractivity contribution in [2.75, 3.05) is 26.9 Å². The summed E-state index contributed by atoms with van der Waals surface area (Å²) in [5.41, 5.74) is 0. The molecule has 0 amide bonds. The number of hydrogen-bond donors (Lipinski definition) is 0. The van der Waals surface area contributed by atoms with E-state index in [0.717, 1.165) is 0 Å². The Balaban J connectivity index is 2.90. The molecule has 0 fully saturated rings. The third-order valence-corrected chi connectivity index (χ3v) is 0.750. The standard InChI is InChI=1S/C7H12O3/c1-3-9-6-7-10-5-4-8-2/h3,6-7H2,1-2H3. The molecule has 58 valence electrons. The van der Waals surface area contributed by atoms with E-state index in [4.69, 9.17) is 9.47 Å². The molecule has 0 heterocycles. The summed E-state index contributed by atoms with van der Waals surface area (Å²) in [6, 6.07) is 0. The van der Waals surface area contributed by atoms with Gasteiger partial charge in [0.2, 0.25) is 0 Å². The number of methoxy groups -OCH3 is 1. The summed E-state index contributed by atoms with van der Waals surface area (Å²) in [5, 5.41) is 0. The maximum Gasteiger partial charge on any atom is 0.155 e. The second kappa shape index (κ2) is 8.12. The predicted octanol–water partition coefficient (Wildman–Crippen LogP) is 0.604. The van der Waals surface area contributed by atoms with Crippen molar-refractivity contribution < 1.29 is 14.2 Å². The summed E-state index contributed by atoms with van der Waals surface area (Å²) in [6.07, 6.45) is 4.64. The Morgan fingerprint density at radius 1 is 1.20 bits per heavy atom. The van der Waals surface area contributed by atoms with E-state index in [1.54, 1.807) is 0 Å². The second-order valence-electron chi connectivity index (χ2n) is 1.45. The quantitative estimate of drug-likeness (QED) is 0.427. The molecule has 0 aliphatic carbocycles. The molecule has 0 radical (unpaired) electrons. The molecule has 0 atom stereocenters. The SMILES string of the molecule is CCOCCOC#COC. The molecule has 0 saturated carbocycles. The van der Waals surface area contributed by atoms with E-state index in [1.807, 2.05) is 6.92 Å². The van der Waals surface area contributed by atoms with Gasteiger partial charge in [-0.15, -0.1) is 0 Å². The van der Waals surface area contributed by atoms with Crippen LogP contribution >= 0.6 is 0 Å². The fraction of sp³-hybridized carbons (Fsp3) is 0.714. The molecule has 0 aromatic heterocycles. The summed E-state index contributed by atoms with van der Waals surface area (Å²) in [4.78, 5) is 0. The molecule has 0 spiro atoms. The predicted molar refractivity (Wildman–Crippen MR) is 37.2 cm³/mol. The van der Waals surface area contributed by atoms with Crippen molar-refractivity contribution in [3.63, 3.8) is 0 Å². The minimum Gasteiger partial charge on any atom is -0.448 e. The van der Waals surface area contributed by atoms with Gasteiger partial charge < -0.3 is 14.2 Å². The van der Waals surface area contributed by atoms with E-state index in [2.05, 4.69) is 16.9 Å². The molecule has 0 aliphatic heterocycles. The molecule has 0 saturated heterocycles. The van der Waals surface area contributed by atoms with Crippen molar-refractivity contribution >= 4 is 0 Å². The van der Waals surface area contributed by atoms with Gasteiger partial charge in [-0.2, -0.15) is 0 Å². The monoisotopic (exact) mass is 144 g/mol. The minimum absolute atomic E-state index is 0.490. The molecule has 10 heavy (non-hydrogen) atoms. The van der Waals surface area contributed by atoms with Gasteiger partial charge in [0.1, 0.15) is 6.61 Å². The first kappa shape index (κ1) is 9.12. The van der Waals surface area contributed by atoms with Crippen molar-refractivity contribution in [2.24, 2.45) is 0 Å². The highest BCUT2D eigenvalue weighted by Crippen LogP contribution is 1.74. The molecule has 0 bridgehead atoms. The Bertz CT molecular complexity index is 112. The lowest BCUT2D eigenvalue weighted by Crippen LogP contribution is -2.00. The van der Waals surface area contributed by atoms with E-state index in [9.17, 15) is 0 Å². The van der Waals surface area contributed by atoms with E-state index >= 15 is 0 Å². The Morgan fingerprint density at radius 3 is 2.60 bits per heavy atom. The maximum absolute atomic E-state index is 4.98. The van der Waals surface area contributed by atoms with Gasteiger partial charge in [0, 0.05) is 6.61 Å². The van der Waals surface area contributed by atoms with Crippen LogP contribution in [0.5, 0.6) is 0 Å². The van der Waals surface area contributed by atoms with Crippen LogP contribution in [0.1, 0.15) is 6.92 Å². The van der Waals surface area contributed by atoms with Crippen LogP contribution in [0.2, 0.25) is 0 Å². The van der Waals surface area contributed by atoms with Gasteiger partial charge in [0.15, 0.2) is 12.2 Å². The van der Waals surface area contributed by atoms with Crippen molar-refractivity contribution in [3.05, 3.63) is 0 Å². The van der Waals surface area contributed by atoms with Crippen molar-refractivity contribution in [3.8, 4) is 12.2 Å². The van der Waals surface area contributed by atoms with Gasteiger partial charge in [-0.05, 0) is 6.92 Å². The molecule has 0 aliphatic rings. The van der Waals surface area contributed by atoms with Gasteiger partial charge in [-0.25, -0.2) is 0 Å². The fourth-order valence-electron chi connectivity index (χ4n) is 0.367. The van der Waals surface area contributed by atoms with Crippen LogP contribution in [-0.4, -0.2) is 26.9 Å². The van der Waals surface area contributed by atoms with E-state index in [1.165, 1.54) is 7.11 Å². The van der Waals surface area contributed by atoms with Crippen LogP contribution in [0, 0.1) is 12.2 Å². The summed E-state index contributed by atoms with van der Waals surface area (Å²) in [6.45, 7) is 3.71. The summed E-state index contributed by atoms with van der Waals surface area (Å²) < 4.78 is 14.2. The van der Waals surface area contributed by atoms with Gasteiger partial charge in [0.25, 0.3) is 0 Å². The molecule has 0 unspecified atom stereocenters. The Kier molecular flexibility index (Phi) is 7.41. The number of rotatable bonds is 4. The number of ether oxygens (including phenoxy) is 3. The smallest absolute Gasteiger partial charge is 0.155 e. The van der Waals surface area contributed by atoms with Crippen LogP contribution in [-0.2, 0) is 14.2 Å². The van der Waals surface area contributed by atoms with Gasteiger partial charge in [-0.3, -0.25) is 0 Å². The largest absolute Gasteiger partial charge is 0.448 e. The average Bonchev–Trinajstić information content (AvgIpc) is 1.97. The zero-order valence-corrected chi connectivity index (χ0v) is 6.35. The summed E-state index contributed by atoms with van der Waals surface area (Å²) in [7, 11) is 1.49. The first-order valence-electron chi connectivity index (χ1n) is 3.14. The second-order valence-corrected chi connectivity index (χ2v) is 1.45. The molecule has 0 N–H and O–H groups in total. The fourth-order valence-corrected chi connectivity index (χ4v) is 0.367. The van der Waals surface area contributed by atoms with Gasteiger partial charge >= 0.3 is 0 Å². The van der Waals surface area contributed by atoms with Crippen LogP contribution in [0.15, 0.2) is 0 Å². The minimum atomic E-state index is 0.490. The van der Waals surface area contributed by atoms with Crippen LogP contribution in [0.4, 0.5) is 0 Å². The average molecular weight is 144 g/mol. The lowest BCUT2D eigenvalue weighted by molar-refractivity contribution is 0.0993. The highest BCUT2D eigenvalue weighted by atomic mass is 16.5. The molecule has 0 aromatic rings. The summed E-state index contributed by atoms with van der Waals surface area (Å²) in [5.74, 6) is 0. The molecule has 0 aromatic carbocycles. The summed E-state index contributed by atoms with van der Waals surface area (Å²) >= 11 is 0. The van der Waals surface area contributed by atoms with E-state index in [-0.39, 0.29) is 0 Å². The Labute approximate surface area is 61.3 Å². The number of hydrogen-bond acceptors (Lipinski definition) is 3. The first-order valence-corrected chi connectivity index (χ1v) is 3.14. The normalized spacial score (nSPS) is 7.80. The Hall–Kier alpha value is -0.880.